The van der Waals surface area contributed by atoms with Crippen molar-refractivity contribution in [3.8, 4) is 11.5 Å². The van der Waals surface area contributed by atoms with E-state index in [4.69, 9.17) is 27.9 Å². The zero-order valence-electron chi connectivity index (χ0n) is 20.2. The van der Waals surface area contributed by atoms with Crippen LogP contribution in [0, 0.1) is 23.6 Å². The smallest absolute Gasteiger partial charge is 0.258 e. The second-order valence-electron chi connectivity index (χ2n) is 10.2. The fraction of sp³-hybridized carbons (Fsp3) is 0.333. The number of amides is 4. The van der Waals surface area contributed by atoms with E-state index >= 15 is 0 Å². The van der Waals surface area contributed by atoms with Crippen LogP contribution in [0.1, 0.15) is 24.3 Å². The van der Waals surface area contributed by atoms with Gasteiger partial charge in [-0.05, 0) is 76.7 Å². The average Bonchev–Trinajstić information content (AvgIpc) is 3.27. The number of nitrogens with one attached hydrogen (secondary N) is 1. The third kappa shape index (κ3) is 3.40. The summed E-state index contributed by atoms with van der Waals surface area (Å²) in [6.45, 7) is 0. The molecule has 6 atom stereocenters. The molecule has 3 fully saturated rings. The molecular weight excluding hydrogens is 618 g/mol. The number of allylic oxidation sites excluding steroid dienone is 2. The highest BCUT2D eigenvalue weighted by molar-refractivity contribution is 9.10. The van der Waals surface area contributed by atoms with Gasteiger partial charge in [0.25, 0.3) is 11.8 Å². The van der Waals surface area contributed by atoms with Crippen LogP contribution in [0.4, 0.5) is 10.1 Å². The summed E-state index contributed by atoms with van der Waals surface area (Å²) in [6, 6.07) is 7.84. The molecule has 6 rings (SSSR count). The minimum atomic E-state index is -2.07. The molecular formula is C27H20BrCl2FN2O6. The van der Waals surface area contributed by atoms with Gasteiger partial charge in [-0.15, -0.1) is 23.2 Å². The van der Waals surface area contributed by atoms with E-state index < -0.39 is 62.9 Å². The maximum absolute atomic E-state index is 14.2. The number of rotatable bonds is 3. The van der Waals surface area contributed by atoms with E-state index in [2.05, 4.69) is 21.2 Å². The van der Waals surface area contributed by atoms with E-state index in [9.17, 15) is 28.7 Å². The molecule has 2 aromatic carbocycles. The lowest BCUT2D eigenvalue weighted by molar-refractivity contribution is -0.127. The van der Waals surface area contributed by atoms with Crippen LogP contribution in [0.25, 0.3) is 0 Å². The number of nitrogens with zero attached hydrogens (tertiary/aromatic N) is 1. The number of carbonyl (C=O) groups excluding carboxylic acids is 4. The summed E-state index contributed by atoms with van der Waals surface area (Å²) >= 11 is 17.8. The Morgan fingerprint density at radius 1 is 1.08 bits per heavy atom. The van der Waals surface area contributed by atoms with Crippen LogP contribution >= 0.6 is 39.1 Å². The number of anilines is 1. The van der Waals surface area contributed by atoms with Crippen LogP contribution in [0.5, 0.6) is 11.5 Å². The van der Waals surface area contributed by atoms with Gasteiger partial charge in [-0.1, -0.05) is 11.6 Å². The highest BCUT2D eigenvalue weighted by atomic mass is 79.9. The van der Waals surface area contributed by atoms with Crippen molar-refractivity contribution in [1.29, 1.82) is 0 Å². The van der Waals surface area contributed by atoms with Crippen molar-refractivity contribution in [3.63, 3.8) is 0 Å². The number of methoxy groups -OCH3 is 1. The Labute approximate surface area is 240 Å². The molecule has 8 nitrogen and oxygen atoms in total. The highest BCUT2D eigenvalue weighted by Gasteiger charge is 2.76. The summed E-state index contributed by atoms with van der Waals surface area (Å²) in [5.41, 5.74) is 1.08. The normalized spacial score (nSPS) is 33.4. The van der Waals surface area contributed by atoms with E-state index in [-0.39, 0.29) is 34.5 Å². The number of imide groups is 2. The van der Waals surface area contributed by atoms with Gasteiger partial charge >= 0.3 is 0 Å². The minimum Gasteiger partial charge on any atom is -0.503 e. The monoisotopic (exact) mass is 636 g/mol. The number of benzene rings is 2. The van der Waals surface area contributed by atoms with E-state index in [1.165, 1.54) is 25.3 Å². The minimum absolute atomic E-state index is 0.0807. The molecule has 0 bridgehead atoms. The quantitative estimate of drug-likeness (QED) is 0.297. The number of aromatic hydroxyl groups is 1. The second-order valence-corrected chi connectivity index (χ2v) is 12.3. The summed E-state index contributed by atoms with van der Waals surface area (Å²) in [7, 11) is 1.36. The van der Waals surface area contributed by atoms with Crippen molar-refractivity contribution in [1.82, 2.24) is 5.32 Å². The van der Waals surface area contributed by atoms with E-state index in [0.29, 0.717) is 11.1 Å². The molecule has 2 N–H and O–H groups in total. The molecule has 202 valence electrons. The summed E-state index contributed by atoms with van der Waals surface area (Å²) in [5, 5.41) is 12.8. The number of halogens is 4. The standard InChI is InChI=1S/C27H20BrCl2FN2O6/c1-39-18-9-11(8-17(28)21(18)34)20-14-6-7-15-19(23(36)32-22(15)35)16(14)10-26(29)24(37)33(25(38)27(20,26)30)13-4-2-12(31)3-5-13/h2-6,8-9,15-16,19-20,34H,7,10H2,1H3,(H,32,35,36)/t15-,16+,19-,20-,26+,27-/m0/s1. The van der Waals surface area contributed by atoms with Crippen LogP contribution in [-0.2, 0) is 19.2 Å². The molecule has 12 heteroatoms. The number of ether oxygens (including phenoxy) is 1. The first-order valence-corrected chi connectivity index (χ1v) is 13.6. The van der Waals surface area contributed by atoms with Crippen LogP contribution < -0.4 is 15.0 Å². The Balaban J connectivity index is 1.60. The van der Waals surface area contributed by atoms with E-state index in [1.807, 2.05) is 0 Å². The molecule has 2 aliphatic carbocycles. The lowest BCUT2D eigenvalue weighted by Gasteiger charge is -2.50. The number of phenols is 1. The van der Waals surface area contributed by atoms with Crippen LogP contribution in [-0.4, -0.2) is 45.6 Å². The zero-order chi connectivity index (χ0) is 28.0. The molecule has 2 aliphatic heterocycles. The SMILES string of the molecule is COc1cc([C@H]2C3=CC[C@@H]4C(=O)NC(=O)[C@@H]4[C@@H]3C[C@@]3(Cl)C(=O)N(c4ccc(F)cc4)C(=O)[C@@]23Cl)cc(Br)c1O. The highest BCUT2D eigenvalue weighted by Crippen LogP contribution is 2.65. The molecule has 2 aromatic rings. The van der Waals surface area contributed by atoms with Gasteiger partial charge in [0.1, 0.15) is 5.82 Å². The summed E-state index contributed by atoms with van der Waals surface area (Å²) in [4.78, 5) is 50.5. The molecule has 0 aromatic heterocycles. The van der Waals surface area contributed by atoms with Crippen LogP contribution in [0.3, 0.4) is 0 Å². The van der Waals surface area contributed by atoms with Gasteiger partial charge in [-0.3, -0.25) is 24.5 Å². The van der Waals surface area contributed by atoms with Gasteiger partial charge in [-0.25, -0.2) is 9.29 Å². The maximum atomic E-state index is 14.2. The topological polar surface area (TPSA) is 113 Å². The summed E-state index contributed by atoms with van der Waals surface area (Å²) in [5.74, 6) is -6.34. The Bertz CT molecular complexity index is 1520. The molecule has 4 aliphatic rings. The molecule has 0 radical (unpaired) electrons. The van der Waals surface area contributed by atoms with Crippen molar-refractivity contribution in [2.75, 3.05) is 12.0 Å². The number of hydrogen-bond donors (Lipinski definition) is 2. The van der Waals surface area contributed by atoms with Crippen molar-refractivity contribution >= 4 is 68.4 Å². The second kappa shape index (κ2) is 8.78. The van der Waals surface area contributed by atoms with Crippen molar-refractivity contribution < 1.29 is 33.4 Å². The van der Waals surface area contributed by atoms with E-state index in [0.717, 1.165) is 17.0 Å². The third-order valence-electron chi connectivity index (χ3n) is 8.34. The first-order chi connectivity index (χ1) is 18.4. The predicted octanol–water partition coefficient (Wildman–Crippen LogP) is 4.15. The Hall–Kier alpha value is -2.95. The average molecular weight is 638 g/mol. The van der Waals surface area contributed by atoms with Crippen LogP contribution in [0.15, 0.2) is 52.5 Å². The predicted molar refractivity (Wildman–Crippen MR) is 142 cm³/mol. The molecule has 4 amide bonds. The van der Waals surface area contributed by atoms with Gasteiger partial charge in [-0.2, -0.15) is 0 Å². The molecule has 39 heavy (non-hydrogen) atoms. The summed E-state index contributed by atoms with van der Waals surface area (Å²) in [6.07, 6.45) is 1.84. The fourth-order valence-corrected chi connectivity index (χ4v) is 7.99. The van der Waals surface area contributed by atoms with Crippen LogP contribution in [0.2, 0.25) is 0 Å². The lowest BCUT2D eigenvalue weighted by atomic mass is 9.56. The fourth-order valence-electron chi connectivity index (χ4n) is 6.60. The molecule has 1 saturated carbocycles. The van der Waals surface area contributed by atoms with Crippen molar-refractivity contribution in [3.05, 3.63) is 63.9 Å². The Morgan fingerprint density at radius 3 is 2.44 bits per heavy atom. The van der Waals surface area contributed by atoms with E-state index in [1.54, 1.807) is 12.1 Å². The van der Waals surface area contributed by atoms with Gasteiger partial charge < -0.3 is 9.84 Å². The number of fused-ring (bicyclic) bond motifs is 4. The number of alkyl halides is 2. The molecule has 0 spiro atoms. The lowest BCUT2D eigenvalue weighted by Crippen LogP contribution is -2.60. The molecule has 2 heterocycles. The van der Waals surface area contributed by atoms with Gasteiger partial charge in [0.15, 0.2) is 21.2 Å². The summed E-state index contributed by atoms with van der Waals surface area (Å²) < 4.78 is 19.3. The molecule has 2 saturated heterocycles. The first-order valence-electron chi connectivity index (χ1n) is 12.1. The first kappa shape index (κ1) is 26.3. The van der Waals surface area contributed by atoms with Gasteiger partial charge in [0.05, 0.1) is 29.1 Å². The third-order valence-corrected chi connectivity index (χ3v) is 10.4. The number of hydrogen-bond acceptors (Lipinski definition) is 6. The molecule has 0 unspecified atom stereocenters. The van der Waals surface area contributed by atoms with Crippen molar-refractivity contribution in [2.45, 2.75) is 28.5 Å². The van der Waals surface area contributed by atoms with Gasteiger partial charge in [0, 0.05) is 5.92 Å². The van der Waals surface area contributed by atoms with Crippen molar-refractivity contribution in [2.24, 2.45) is 17.8 Å². The van der Waals surface area contributed by atoms with Gasteiger partial charge in [0.2, 0.25) is 11.8 Å². The number of phenolic OH excluding ortho intramolecular Hbond substituents is 1. The Morgan fingerprint density at radius 2 is 1.77 bits per heavy atom. The number of carbonyl (C=O) groups is 4. The largest absolute Gasteiger partial charge is 0.503 e. The zero-order valence-corrected chi connectivity index (χ0v) is 23.3. The maximum Gasteiger partial charge on any atom is 0.258 e. The Kier molecular flexibility index (Phi) is 5.91.